The molecule has 3 nitrogen and oxygen atoms in total. The van der Waals surface area contributed by atoms with Gasteiger partial charge in [0, 0.05) is 13.2 Å². The van der Waals surface area contributed by atoms with E-state index in [9.17, 15) is 0 Å². The molecule has 0 aliphatic heterocycles. The maximum atomic E-state index is 5.40. The van der Waals surface area contributed by atoms with E-state index in [4.69, 9.17) is 4.74 Å². The average molecular weight is 222 g/mol. The Morgan fingerprint density at radius 1 is 1.19 bits per heavy atom. The van der Waals surface area contributed by atoms with Gasteiger partial charge in [-0.15, -0.1) is 0 Å². The molecule has 0 amide bonds. The zero-order valence-electron chi connectivity index (χ0n) is 10.9. The van der Waals surface area contributed by atoms with Gasteiger partial charge in [0.25, 0.3) is 0 Å². The maximum Gasteiger partial charge on any atom is 0.124 e. The van der Waals surface area contributed by atoms with Crippen molar-refractivity contribution in [1.29, 1.82) is 0 Å². The third-order valence-corrected chi connectivity index (χ3v) is 2.96. The molecule has 0 saturated carbocycles. The molecule has 1 aromatic rings. The molecular weight excluding hydrogens is 200 g/mol. The lowest BCUT2D eigenvalue weighted by molar-refractivity contribution is 0.408. The molecule has 3 heteroatoms. The van der Waals surface area contributed by atoms with Gasteiger partial charge in [-0.05, 0) is 50.1 Å². The van der Waals surface area contributed by atoms with Crippen molar-refractivity contribution < 1.29 is 4.74 Å². The first-order chi connectivity index (χ1) is 7.61. The molecule has 0 heterocycles. The molecule has 0 aliphatic carbocycles. The van der Waals surface area contributed by atoms with Crippen molar-refractivity contribution in [2.75, 3.05) is 20.8 Å². The second-order valence-electron chi connectivity index (χ2n) is 4.09. The number of hydrogen-bond acceptors (Lipinski definition) is 3. The molecule has 0 unspecified atom stereocenters. The molecule has 1 rings (SSSR count). The van der Waals surface area contributed by atoms with E-state index in [0.717, 1.165) is 19.0 Å². The van der Waals surface area contributed by atoms with Crippen LogP contribution in [0.3, 0.4) is 0 Å². The first-order valence-corrected chi connectivity index (χ1v) is 5.60. The predicted octanol–water partition coefficient (Wildman–Crippen LogP) is 1.89. The second kappa shape index (κ2) is 5.87. The van der Waals surface area contributed by atoms with E-state index in [1.54, 1.807) is 7.11 Å². The summed E-state index contributed by atoms with van der Waals surface area (Å²) in [6.07, 6.45) is 0. The quantitative estimate of drug-likeness (QED) is 0.589. The highest BCUT2D eigenvalue weighted by Gasteiger charge is 2.09. The number of benzene rings is 1. The molecule has 0 atom stereocenters. The summed E-state index contributed by atoms with van der Waals surface area (Å²) in [5.41, 5.74) is 5.09. The van der Waals surface area contributed by atoms with Gasteiger partial charge in [0.15, 0.2) is 0 Å². The largest absolute Gasteiger partial charge is 0.496 e. The summed E-state index contributed by atoms with van der Waals surface area (Å²) in [7, 11) is 3.66. The Labute approximate surface area is 98.2 Å². The van der Waals surface area contributed by atoms with E-state index in [2.05, 4.69) is 37.5 Å². The number of hydrogen-bond donors (Lipinski definition) is 2. The molecule has 2 N–H and O–H groups in total. The first kappa shape index (κ1) is 13.0. The Hall–Kier alpha value is -1.06. The fourth-order valence-electron chi connectivity index (χ4n) is 1.96. The van der Waals surface area contributed by atoms with E-state index in [1.807, 2.05) is 7.05 Å². The van der Waals surface area contributed by atoms with Gasteiger partial charge in [-0.1, -0.05) is 6.07 Å². The van der Waals surface area contributed by atoms with Crippen molar-refractivity contribution in [1.82, 2.24) is 10.6 Å². The molecule has 1 aromatic carbocycles. The van der Waals surface area contributed by atoms with Crippen LogP contribution in [0.1, 0.15) is 22.3 Å². The third kappa shape index (κ3) is 2.74. The Morgan fingerprint density at radius 2 is 1.88 bits per heavy atom. The van der Waals surface area contributed by atoms with Gasteiger partial charge in [-0.25, -0.2) is 0 Å². The molecular formula is C13H22N2O. The minimum absolute atomic E-state index is 0.823. The number of nitrogens with one attached hydrogen (secondary N) is 2. The molecule has 0 radical (unpaired) electrons. The van der Waals surface area contributed by atoms with E-state index in [-0.39, 0.29) is 0 Å². The third-order valence-electron chi connectivity index (χ3n) is 2.96. The highest BCUT2D eigenvalue weighted by molar-refractivity contribution is 5.48. The van der Waals surface area contributed by atoms with Crippen molar-refractivity contribution in [2.45, 2.75) is 27.3 Å². The maximum absolute atomic E-state index is 5.40. The molecule has 0 fully saturated rings. The smallest absolute Gasteiger partial charge is 0.124 e. The van der Waals surface area contributed by atoms with Crippen molar-refractivity contribution in [3.63, 3.8) is 0 Å². The van der Waals surface area contributed by atoms with Crippen molar-refractivity contribution in [3.05, 3.63) is 28.3 Å². The lowest BCUT2D eigenvalue weighted by Gasteiger charge is -2.16. The normalized spacial score (nSPS) is 10.6. The van der Waals surface area contributed by atoms with Crippen LogP contribution in [-0.2, 0) is 6.54 Å². The summed E-state index contributed by atoms with van der Waals surface area (Å²) in [6, 6.07) is 2.20. The second-order valence-corrected chi connectivity index (χ2v) is 4.09. The van der Waals surface area contributed by atoms with Crippen LogP contribution < -0.4 is 15.4 Å². The van der Waals surface area contributed by atoms with E-state index < -0.39 is 0 Å². The summed E-state index contributed by atoms with van der Waals surface area (Å²) in [6.45, 7) is 8.06. The SMILES string of the molecule is CNCNCc1cc(C)c(OC)c(C)c1C. The van der Waals surface area contributed by atoms with Crippen LogP contribution in [0.5, 0.6) is 5.75 Å². The van der Waals surface area contributed by atoms with Gasteiger partial charge in [0.05, 0.1) is 7.11 Å². The van der Waals surface area contributed by atoms with Crippen LogP contribution in [0, 0.1) is 20.8 Å². The topological polar surface area (TPSA) is 33.3 Å². The number of aryl methyl sites for hydroxylation is 1. The monoisotopic (exact) mass is 222 g/mol. The zero-order chi connectivity index (χ0) is 12.1. The van der Waals surface area contributed by atoms with Gasteiger partial charge in [0.1, 0.15) is 5.75 Å². The number of ether oxygens (including phenoxy) is 1. The minimum Gasteiger partial charge on any atom is -0.496 e. The Kier molecular flexibility index (Phi) is 4.77. The predicted molar refractivity (Wildman–Crippen MR) is 68.0 cm³/mol. The van der Waals surface area contributed by atoms with Crippen LogP contribution in [0.15, 0.2) is 6.07 Å². The minimum atomic E-state index is 0.823. The Bertz CT molecular complexity index is 361. The molecule has 0 bridgehead atoms. The van der Waals surface area contributed by atoms with E-state index in [0.29, 0.717) is 0 Å². The molecule has 0 aromatic heterocycles. The number of methoxy groups -OCH3 is 1. The Morgan fingerprint density at radius 3 is 2.44 bits per heavy atom. The standard InChI is InChI=1S/C13H22N2O/c1-9-6-12(7-15-8-14-4)10(2)11(3)13(9)16-5/h6,14-15H,7-8H2,1-5H3. The van der Waals surface area contributed by atoms with Crippen LogP contribution in [0.4, 0.5) is 0 Å². The van der Waals surface area contributed by atoms with E-state index >= 15 is 0 Å². The summed E-state index contributed by atoms with van der Waals surface area (Å²) in [5.74, 6) is 1.01. The lowest BCUT2D eigenvalue weighted by Crippen LogP contribution is -2.25. The zero-order valence-corrected chi connectivity index (χ0v) is 10.9. The highest BCUT2D eigenvalue weighted by Crippen LogP contribution is 2.28. The molecule has 0 aliphatic rings. The summed E-state index contributed by atoms with van der Waals surface area (Å²) in [4.78, 5) is 0. The molecule has 90 valence electrons. The van der Waals surface area contributed by atoms with Crippen LogP contribution in [0.25, 0.3) is 0 Å². The van der Waals surface area contributed by atoms with Crippen molar-refractivity contribution >= 4 is 0 Å². The van der Waals surface area contributed by atoms with Crippen LogP contribution in [0.2, 0.25) is 0 Å². The Balaban J connectivity index is 2.94. The first-order valence-electron chi connectivity index (χ1n) is 5.60. The molecule has 0 spiro atoms. The molecule has 0 saturated heterocycles. The van der Waals surface area contributed by atoms with Gasteiger partial charge in [-0.3, -0.25) is 0 Å². The van der Waals surface area contributed by atoms with E-state index in [1.165, 1.54) is 22.3 Å². The highest BCUT2D eigenvalue weighted by atomic mass is 16.5. The van der Waals surface area contributed by atoms with Gasteiger partial charge >= 0.3 is 0 Å². The molecule has 16 heavy (non-hydrogen) atoms. The van der Waals surface area contributed by atoms with Crippen LogP contribution >= 0.6 is 0 Å². The average Bonchev–Trinajstić information content (AvgIpc) is 2.26. The van der Waals surface area contributed by atoms with Crippen LogP contribution in [-0.4, -0.2) is 20.8 Å². The fourth-order valence-corrected chi connectivity index (χ4v) is 1.96. The van der Waals surface area contributed by atoms with Gasteiger partial charge in [0.2, 0.25) is 0 Å². The summed E-state index contributed by atoms with van der Waals surface area (Å²) >= 11 is 0. The lowest BCUT2D eigenvalue weighted by atomic mass is 9.98. The van der Waals surface area contributed by atoms with Gasteiger partial charge < -0.3 is 15.4 Å². The summed E-state index contributed by atoms with van der Waals surface area (Å²) < 4.78 is 5.40. The fraction of sp³-hybridized carbons (Fsp3) is 0.538. The number of rotatable bonds is 5. The summed E-state index contributed by atoms with van der Waals surface area (Å²) in [5, 5.41) is 6.41. The van der Waals surface area contributed by atoms with Crippen molar-refractivity contribution in [2.24, 2.45) is 0 Å². The van der Waals surface area contributed by atoms with Crippen molar-refractivity contribution in [3.8, 4) is 5.75 Å². The van der Waals surface area contributed by atoms with Gasteiger partial charge in [-0.2, -0.15) is 0 Å².